The molecule has 2 N–H and O–H groups in total. The van der Waals surface area contributed by atoms with E-state index in [9.17, 15) is 14.7 Å². The Morgan fingerprint density at radius 1 is 1.18 bits per heavy atom. The highest BCUT2D eigenvalue weighted by Crippen LogP contribution is 2.41. The first-order valence-electron chi connectivity index (χ1n) is 6.87. The Balaban J connectivity index is 2.00. The van der Waals surface area contributed by atoms with Crippen LogP contribution in [0.15, 0.2) is 48.5 Å². The van der Waals surface area contributed by atoms with Gasteiger partial charge in [-0.1, -0.05) is 36.7 Å². The summed E-state index contributed by atoms with van der Waals surface area (Å²) in [6, 6.07) is 13.2. The van der Waals surface area contributed by atoms with Crippen LogP contribution in [0.2, 0.25) is 5.02 Å². The van der Waals surface area contributed by atoms with Gasteiger partial charge in [-0.2, -0.15) is 0 Å². The number of aliphatic hydroxyl groups is 1. The van der Waals surface area contributed by atoms with E-state index in [4.69, 9.17) is 11.6 Å². The molecule has 112 valence electrons. The Kier molecular flexibility index (Phi) is 3.51. The van der Waals surface area contributed by atoms with Gasteiger partial charge < -0.3 is 10.4 Å². The molecule has 0 aliphatic carbocycles. The maximum atomic E-state index is 12.6. The molecule has 0 radical (unpaired) electrons. The van der Waals surface area contributed by atoms with Crippen LogP contribution in [0.25, 0.3) is 0 Å². The molecular weight excluding hydrogens is 302 g/mol. The number of halogens is 1. The normalized spacial score (nSPS) is 21.1. The monoisotopic (exact) mass is 315 g/mol. The second kappa shape index (κ2) is 5.23. The summed E-state index contributed by atoms with van der Waals surface area (Å²) in [5.74, 6) is -1.81. The summed E-state index contributed by atoms with van der Waals surface area (Å²) in [5.41, 5.74) is -0.504. The first-order valence-corrected chi connectivity index (χ1v) is 7.25. The Bertz CT molecular complexity index is 757. The van der Waals surface area contributed by atoms with Crippen molar-refractivity contribution in [3.05, 3.63) is 64.7 Å². The minimum atomic E-state index is -1.87. The summed E-state index contributed by atoms with van der Waals surface area (Å²) in [4.78, 5) is 24.9. The second-order valence-corrected chi connectivity index (χ2v) is 5.80. The standard InChI is InChI=1S/C17H14ClNO3/c1-10(15(20)11-6-8-12(18)9-7-11)17(22)13-4-2-3-5-14(13)19-16(17)21/h2-10,22H,1H3,(H,19,21)/t10-,17-/m1/s1. The Hall–Kier alpha value is -2.17. The minimum absolute atomic E-state index is 0.314. The first-order chi connectivity index (χ1) is 10.4. The van der Waals surface area contributed by atoms with E-state index in [1.807, 2.05) is 0 Å². The van der Waals surface area contributed by atoms with Crippen LogP contribution in [-0.2, 0) is 10.4 Å². The molecule has 2 aromatic rings. The van der Waals surface area contributed by atoms with Crippen molar-refractivity contribution in [3.8, 4) is 0 Å². The molecule has 4 nitrogen and oxygen atoms in total. The molecule has 0 saturated heterocycles. The molecule has 1 amide bonds. The largest absolute Gasteiger partial charge is 0.375 e. The highest BCUT2D eigenvalue weighted by atomic mass is 35.5. The van der Waals surface area contributed by atoms with E-state index in [1.54, 1.807) is 55.5 Å². The number of amides is 1. The van der Waals surface area contributed by atoms with E-state index in [1.165, 1.54) is 0 Å². The lowest BCUT2D eigenvalue weighted by atomic mass is 9.79. The van der Waals surface area contributed by atoms with Crippen LogP contribution in [0.3, 0.4) is 0 Å². The summed E-state index contributed by atoms with van der Waals surface area (Å²) in [7, 11) is 0. The fraction of sp³-hybridized carbons (Fsp3) is 0.176. The van der Waals surface area contributed by atoms with Gasteiger partial charge in [0, 0.05) is 21.8 Å². The lowest BCUT2D eigenvalue weighted by Crippen LogP contribution is -2.44. The van der Waals surface area contributed by atoms with E-state index in [0.717, 1.165) is 0 Å². The van der Waals surface area contributed by atoms with Crippen molar-refractivity contribution in [2.24, 2.45) is 5.92 Å². The topological polar surface area (TPSA) is 66.4 Å². The minimum Gasteiger partial charge on any atom is -0.375 e. The third-order valence-electron chi connectivity index (χ3n) is 4.08. The molecule has 5 heteroatoms. The van der Waals surface area contributed by atoms with Crippen LogP contribution in [0.5, 0.6) is 0 Å². The van der Waals surface area contributed by atoms with E-state index >= 15 is 0 Å². The molecule has 1 aliphatic rings. The van der Waals surface area contributed by atoms with E-state index in [-0.39, 0.29) is 5.78 Å². The van der Waals surface area contributed by atoms with Gasteiger partial charge in [-0.15, -0.1) is 0 Å². The zero-order valence-corrected chi connectivity index (χ0v) is 12.6. The molecule has 3 rings (SSSR count). The van der Waals surface area contributed by atoms with Crippen LogP contribution < -0.4 is 5.32 Å². The predicted octanol–water partition coefficient (Wildman–Crippen LogP) is 3.00. The SMILES string of the molecule is C[C@H](C(=O)c1ccc(Cl)cc1)[C@]1(O)C(=O)Nc2ccccc21. The van der Waals surface area contributed by atoms with Gasteiger partial charge in [0.1, 0.15) is 0 Å². The van der Waals surface area contributed by atoms with Gasteiger partial charge in [0.05, 0.1) is 5.92 Å². The van der Waals surface area contributed by atoms with Crippen LogP contribution in [0.1, 0.15) is 22.8 Å². The highest BCUT2D eigenvalue weighted by Gasteiger charge is 2.51. The van der Waals surface area contributed by atoms with Gasteiger partial charge in [0.25, 0.3) is 5.91 Å². The molecular formula is C17H14ClNO3. The lowest BCUT2D eigenvalue weighted by molar-refractivity contribution is -0.137. The fourth-order valence-electron chi connectivity index (χ4n) is 2.75. The Labute approximate surface area is 132 Å². The average molecular weight is 316 g/mol. The molecule has 2 atom stereocenters. The average Bonchev–Trinajstić information content (AvgIpc) is 2.79. The zero-order chi connectivity index (χ0) is 15.9. The van der Waals surface area contributed by atoms with Crippen molar-refractivity contribution in [2.45, 2.75) is 12.5 Å². The molecule has 0 fully saturated rings. The summed E-state index contributed by atoms with van der Waals surface area (Å²) < 4.78 is 0. The predicted molar refractivity (Wildman–Crippen MR) is 83.9 cm³/mol. The molecule has 22 heavy (non-hydrogen) atoms. The van der Waals surface area contributed by atoms with Crippen LogP contribution >= 0.6 is 11.6 Å². The number of nitrogens with one attached hydrogen (secondary N) is 1. The Morgan fingerprint density at radius 2 is 1.82 bits per heavy atom. The van der Waals surface area contributed by atoms with Crippen LogP contribution in [0.4, 0.5) is 5.69 Å². The molecule has 0 unspecified atom stereocenters. The number of carbonyl (C=O) groups is 2. The van der Waals surface area contributed by atoms with Crippen LogP contribution in [0, 0.1) is 5.92 Å². The fourth-order valence-corrected chi connectivity index (χ4v) is 2.87. The van der Waals surface area contributed by atoms with Gasteiger partial charge in [0.15, 0.2) is 11.4 Å². The molecule has 0 saturated carbocycles. The van der Waals surface area contributed by atoms with Gasteiger partial charge in [0.2, 0.25) is 0 Å². The van der Waals surface area contributed by atoms with Crippen molar-refractivity contribution < 1.29 is 14.7 Å². The number of ketones is 1. The number of carbonyl (C=O) groups excluding carboxylic acids is 2. The third-order valence-corrected chi connectivity index (χ3v) is 4.33. The van der Waals surface area contributed by atoms with E-state index < -0.39 is 17.4 Å². The molecule has 2 aromatic carbocycles. The van der Waals surface area contributed by atoms with Crippen molar-refractivity contribution in [1.82, 2.24) is 0 Å². The number of hydrogen-bond donors (Lipinski definition) is 2. The summed E-state index contributed by atoms with van der Waals surface area (Å²) in [5, 5.41) is 14.1. The number of benzene rings is 2. The number of hydrogen-bond acceptors (Lipinski definition) is 3. The molecule has 0 bridgehead atoms. The smallest absolute Gasteiger partial charge is 0.261 e. The third kappa shape index (κ3) is 2.12. The summed E-state index contributed by atoms with van der Waals surface area (Å²) in [6.45, 7) is 1.55. The number of rotatable bonds is 3. The molecule has 1 heterocycles. The van der Waals surface area contributed by atoms with Crippen molar-refractivity contribution in [3.63, 3.8) is 0 Å². The Morgan fingerprint density at radius 3 is 2.50 bits per heavy atom. The molecule has 0 aromatic heterocycles. The first kappa shape index (κ1) is 14.8. The maximum Gasteiger partial charge on any atom is 0.261 e. The van der Waals surface area contributed by atoms with E-state index in [2.05, 4.69) is 5.32 Å². The number of anilines is 1. The van der Waals surface area contributed by atoms with Gasteiger partial charge in [-0.25, -0.2) is 0 Å². The number of para-hydroxylation sites is 1. The van der Waals surface area contributed by atoms with E-state index in [0.29, 0.717) is 21.8 Å². The molecule has 0 spiro atoms. The maximum absolute atomic E-state index is 12.6. The number of fused-ring (bicyclic) bond motifs is 1. The van der Waals surface area contributed by atoms with Crippen molar-refractivity contribution >= 4 is 29.0 Å². The van der Waals surface area contributed by atoms with Gasteiger partial charge in [-0.05, 0) is 30.3 Å². The van der Waals surface area contributed by atoms with Crippen LogP contribution in [-0.4, -0.2) is 16.8 Å². The van der Waals surface area contributed by atoms with Crippen molar-refractivity contribution in [2.75, 3.05) is 5.32 Å². The second-order valence-electron chi connectivity index (χ2n) is 5.36. The quantitative estimate of drug-likeness (QED) is 0.856. The number of Topliss-reactive ketones (excluding diaryl/α,β-unsaturated/α-hetero) is 1. The highest BCUT2D eigenvalue weighted by molar-refractivity contribution is 6.30. The van der Waals surface area contributed by atoms with Crippen molar-refractivity contribution in [1.29, 1.82) is 0 Å². The van der Waals surface area contributed by atoms with Gasteiger partial charge in [-0.3, -0.25) is 9.59 Å². The summed E-state index contributed by atoms with van der Waals surface area (Å²) in [6.07, 6.45) is 0. The lowest BCUT2D eigenvalue weighted by Gasteiger charge is -2.27. The summed E-state index contributed by atoms with van der Waals surface area (Å²) >= 11 is 5.82. The van der Waals surface area contributed by atoms with Gasteiger partial charge >= 0.3 is 0 Å². The molecule has 1 aliphatic heterocycles. The zero-order valence-electron chi connectivity index (χ0n) is 11.8.